The molecule has 0 spiro atoms. The molecule has 1 N–H and O–H groups in total. The number of likely N-dealkylation sites (tertiary alicyclic amines) is 1. The Morgan fingerprint density at radius 3 is 2.77 bits per heavy atom. The van der Waals surface area contributed by atoms with Crippen molar-refractivity contribution in [3.05, 3.63) is 46.6 Å². The van der Waals surface area contributed by atoms with Crippen LogP contribution in [0.2, 0.25) is 5.02 Å². The Bertz CT molecular complexity index is 719. The minimum atomic E-state index is -0.326. The molecule has 0 bridgehead atoms. The highest BCUT2D eigenvalue weighted by atomic mass is 35.5. The van der Waals surface area contributed by atoms with Gasteiger partial charge in [0.1, 0.15) is 11.6 Å². The Labute approximate surface area is 158 Å². The van der Waals surface area contributed by atoms with Gasteiger partial charge in [-0.3, -0.25) is 9.59 Å². The van der Waals surface area contributed by atoms with E-state index in [1.165, 1.54) is 6.20 Å². The highest BCUT2D eigenvalue weighted by Gasteiger charge is 2.29. The zero-order valence-corrected chi connectivity index (χ0v) is 15.5. The van der Waals surface area contributed by atoms with E-state index in [4.69, 9.17) is 16.3 Å². The van der Waals surface area contributed by atoms with Crippen molar-refractivity contribution in [2.75, 3.05) is 19.7 Å². The molecule has 1 amide bonds. The first-order valence-corrected chi connectivity index (χ1v) is 8.97. The fourth-order valence-electron chi connectivity index (χ4n) is 2.81. The highest BCUT2D eigenvalue weighted by Crippen LogP contribution is 2.20. The molecule has 138 valence electrons. The van der Waals surface area contributed by atoms with Gasteiger partial charge in [-0.2, -0.15) is 5.26 Å². The van der Waals surface area contributed by atoms with Crippen LogP contribution in [0.5, 0.6) is 0 Å². The average molecular weight is 376 g/mol. The summed E-state index contributed by atoms with van der Waals surface area (Å²) in [5.41, 5.74) is 0.996. The van der Waals surface area contributed by atoms with Crippen LogP contribution in [0.4, 0.5) is 0 Å². The molecule has 1 aliphatic heterocycles. The number of hydrogen-bond acceptors (Lipinski definition) is 5. The van der Waals surface area contributed by atoms with Gasteiger partial charge in [0.15, 0.2) is 0 Å². The molecule has 1 aromatic rings. The summed E-state index contributed by atoms with van der Waals surface area (Å²) in [6.45, 7) is 3.48. The number of halogens is 1. The minimum absolute atomic E-state index is 0.0432. The summed E-state index contributed by atoms with van der Waals surface area (Å²) >= 11 is 5.93. The van der Waals surface area contributed by atoms with Gasteiger partial charge in [0.05, 0.1) is 12.5 Å². The van der Waals surface area contributed by atoms with Gasteiger partial charge in [0, 0.05) is 30.9 Å². The normalized spacial score (nSPS) is 15.3. The van der Waals surface area contributed by atoms with Crippen LogP contribution in [-0.4, -0.2) is 36.5 Å². The maximum absolute atomic E-state index is 12.5. The molecule has 1 fully saturated rings. The van der Waals surface area contributed by atoms with Crippen LogP contribution in [-0.2, 0) is 20.9 Å². The smallest absolute Gasteiger partial charge is 0.309 e. The fraction of sp³-hybridized carbons (Fsp3) is 0.421. The molecule has 0 saturated carbocycles. The topological polar surface area (TPSA) is 82.4 Å². The first-order valence-electron chi connectivity index (χ1n) is 8.59. The van der Waals surface area contributed by atoms with E-state index in [9.17, 15) is 14.9 Å². The van der Waals surface area contributed by atoms with Gasteiger partial charge < -0.3 is 15.0 Å². The molecule has 6 nitrogen and oxygen atoms in total. The molecule has 0 unspecified atom stereocenters. The number of carbonyl (C=O) groups excluding carboxylic acids is 2. The van der Waals surface area contributed by atoms with E-state index < -0.39 is 0 Å². The van der Waals surface area contributed by atoms with Crippen LogP contribution in [0.1, 0.15) is 25.3 Å². The van der Waals surface area contributed by atoms with Gasteiger partial charge in [0.25, 0.3) is 5.91 Å². The van der Waals surface area contributed by atoms with Crippen molar-refractivity contribution in [2.24, 2.45) is 5.92 Å². The lowest BCUT2D eigenvalue weighted by atomic mass is 9.96. The van der Waals surface area contributed by atoms with Gasteiger partial charge in [-0.05, 0) is 37.5 Å². The van der Waals surface area contributed by atoms with Gasteiger partial charge >= 0.3 is 5.97 Å². The van der Waals surface area contributed by atoms with Gasteiger partial charge in [-0.25, -0.2) is 0 Å². The van der Waals surface area contributed by atoms with E-state index in [2.05, 4.69) is 5.32 Å². The number of piperidine rings is 1. The number of carbonyl (C=O) groups is 2. The molecule has 2 rings (SSSR count). The predicted molar refractivity (Wildman–Crippen MR) is 97.9 cm³/mol. The summed E-state index contributed by atoms with van der Waals surface area (Å²) in [6, 6.07) is 9.28. The lowest BCUT2D eigenvalue weighted by Gasteiger charge is -2.30. The van der Waals surface area contributed by atoms with Crippen LogP contribution in [0.25, 0.3) is 0 Å². The average Bonchev–Trinajstić information content (AvgIpc) is 2.65. The second-order valence-corrected chi connectivity index (χ2v) is 6.44. The number of ether oxygens (including phenoxy) is 1. The summed E-state index contributed by atoms with van der Waals surface area (Å²) in [5, 5.41) is 12.9. The second-order valence-electron chi connectivity index (χ2n) is 6.00. The van der Waals surface area contributed by atoms with Crippen molar-refractivity contribution in [3.8, 4) is 6.07 Å². The van der Waals surface area contributed by atoms with Gasteiger partial charge in [-0.15, -0.1) is 0 Å². The quantitative estimate of drug-likeness (QED) is 0.469. The molecule has 1 heterocycles. The highest BCUT2D eigenvalue weighted by molar-refractivity contribution is 6.30. The SMILES string of the molecule is CCOC(=O)C1CCN(C(=O)/C(C#N)=C\NCc2cccc(Cl)c2)CC1. The third-order valence-corrected chi connectivity index (χ3v) is 4.43. The van der Waals surface area contributed by atoms with E-state index in [0.717, 1.165) is 5.56 Å². The second kappa shape index (κ2) is 9.83. The molecule has 7 heteroatoms. The van der Waals surface area contributed by atoms with E-state index >= 15 is 0 Å². The zero-order valence-electron chi connectivity index (χ0n) is 14.7. The van der Waals surface area contributed by atoms with Crippen LogP contribution < -0.4 is 5.32 Å². The standard InChI is InChI=1S/C19H22ClN3O3/c1-2-26-19(25)15-6-8-23(9-7-15)18(24)16(11-21)13-22-12-14-4-3-5-17(20)10-14/h3-5,10,13,15,22H,2,6-9,12H2,1H3/b16-13-. The van der Waals surface area contributed by atoms with E-state index in [1.54, 1.807) is 17.9 Å². The maximum atomic E-state index is 12.5. The van der Waals surface area contributed by atoms with E-state index in [0.29, 0.717) is 44.1 Å². The molecule has 1 aromatic carbocycles. The number of amides is 1. The van der Waals surface area contributed by atoms with Crippen molar-refractivity contribution in [3.63, 3.8) is 0 Å². The van der Waals surface area contributed by atoms with E-state index in [1.807, 2.05) is 24.3 Å². The summed E-state index contributed by atoms with van der Waals surface area (Å²) in [5.74, 6) is -0.707. The summed E-state index contributed by atoms with van der Waals surface area (Å²) < 4.78 is 5.02. The summed E-state index contributed by atoms with van der Waals surface area (Å²) in [7, 11) is 0. The monoisotopic (exact) mass is 375 g/mol. The third-order valence-electron chi connectivity index (χ3n) is 4.19. The lowest BCUT2D eigenvalue weighted by molar-refractivity contribution is -0.150. The molecular weight excluding hydrogens is 354 g/mol. The van der Waals surface area contributed by atoms with Crippen LogP contribution in [0.3, 0.4) is 0 Å². The molecular formula is C19H22ClN3O3. The van der Waals surface area contributed by atoms with Crippen LogP contribution in [0, 0.1) is 17.2 Å². The molecule has 0 aliphatic carbocycles. The van der Waals surface area contributed by atoms with Crippen molar-refractivity contribution >= 4 is 23.5 Å². The van der Waals surface area contributed by atoms with Gasteiger partial charge in [-0.1, -0.05) is 23.7 Å². The predicted octanol–water partition coefficient (Wildman–Crippen LogP) is 2.64. The number of esters is 1. The number of benzene rings is 1. The van der Waals surface area contributed by atoms with Crippen LogP contribution in [0.15, 0.2) is 36.0 Å². The first-order chi connectivity index (χ1) is 12.5. The summed E-state index contributed by atoms with van der Waals surface area (Å²) in [6.07, 6.45) is 2.54. The lowest BCUT2D eigenvalue weighted by Crippen LogP contribution is -2.41. The maximum Gasteiger partial charge on any atom is 0.309 e. The molecule has 0 radical (unpaired) electrons. The van der Waals surface area contributed by atoms with Crippen molar-refractivity contribution < 1.29 is 14.3 Å². The van der Waals surface area contributed by atoms with E-state index in [-0.39, 0.29) is 23.4 Å². The van der Waals surface area contributed by atoms with Crippen molar-refractivity contribution in [1.82, 2.24) is 10.2 Å². The third kappa shape index (κ3) is 5.50. The van der Waals surface area contributed by atoms with Crippen molar-refractivity contribution in [1.29, 1.82) is 5.26 Å². The van der Waals surface area contributed by atoms with Crippen LogP contribution >= 0.6 is 11.6 Å². The molecule has 0 aromatic heterocycles. The number of nitriles is 1. The number of nitrogens with one attached hydrogen (secondary N) is 1. The zero-order chi connectivity index (χ0) is 18.9. The van der Waals surface area contributed by atoms with Gasteiger partial charge in [0.2, 0.25) is 0 Å². The largest absolute Gasteiger partial charge is 0.466 e. The fourth-order valence-corrected chi connectivity index (χ4v) is 3.02. The first kappa shape index (κ1) is 19.8. The van der Waals surface area contributed by atoms with Crippen molar-refractivity contribution in [2.45, 2.75) is 26.3 Å². The Balaban J connectivity index is 1.88. The Morgan fingerprint density at radius 2 is 2.15 bits per heavy atom. The molecule has 1 aliphatic rings. The molecule has 0 atom stereocenters. The molecule has 26 heavy (non-hydrogen) atoms. The minimum Gasteiger partial charge on any atom is -0.466 e. The number of hydrogen-bond donors (Lipinski definition) is 1. The Morgan fingerprint density at radius 1 is 1.42 bits per heavy atom. The number of nitrogens with zero attached hydrogens (tertiary/aromatic N) is 2. The Kier molecular flexibility index (Phi) is 7.49. The Hall–Kier alpha value is -2.52. The molecule has 1 saturated heterocycles. The number of rotatable bonds is 6. The summed E-state index contributed by atoms with van der Waals surface area (Å²) in [4.78, 5) is 25.8.